The zero-order valence-electron chi connectivity index (χ0n) is 14.8. The minimum absolute atomic E-state index is 0.0977. The molecule has 2 aromatic rings. The average molecular weight is 343 g/mol. The first kappa shape index (κ1) is 17.5. The van der Waals surface area contributed by atoms with Gasteiger partial charge in [0.05, 0.1) is 12.3 Å². The Labute approximate surface area is 148 Å². The molecule has 6 nitrogen and oxygen atoms in total. The zero-order valence-corrected chi connectivity index (χ0v) is 14.8. The largest absolute Gasteiger partial charge is 0.445 e. The number of ether oxygens (including phenoxy) is 1. The van der Waals surface area contributed by atoms with Gasteiger partial charge in [-0.05, 0) is 37.0 Å². The first-order valence-corrected chi connectivity index (χ1v) is 8.79. The Morgan fingerprint density at radius 3 is 3.12 bits per heavy atom. The first-order valence-electron chi connectivity index (χ1n) is 8.79. The fraction of sp³-hybridized carbons (Fsp3) is 0.474. The summed E-state index contributed by atoms with van der Waals surface area (Å²) in [5.41, 5.74) is 1.56. The highest BCUT2D eigenvalue weighted by atomic mass is 16.5. The number of anilines is 1. The Bertz CT molecular complexity index is 685. The predicted molar refractivity (Wildman–Crippen MR) is 96.3 cm³/mol. The number of likely N-dealkylation sites (tertiary alicyclic amines) is 1. The minimum atomic E-state index is -0.0977. The number of carbonyl (C=O) groups is 1. The molecular formula is C19H25N3O3. The van der Waals surface area contributed by atoms with E-state index in [1.54, 1.807) is 11.1 Å². The summed E-state index contributed by atoms with van der Waals surface area (Å²) in [5, 5.41) is 2.94. The number of amides is 2. The van der Waals surface area contributed by atoms with E-state index in [9.17, 15) is 4.79 Å². The molecule has 6 heteroatoms. The van der Waals surface area contributed by atoms with Crippen molar-refractivity contribution in [3.8, 4) is 11.5 Å². The molecule has 2 heterocycles. The molecule has 1 aliphatic heterocycles. The molecule has 1 saturated heterocycles. The van der Waals surface area contributed by atoms with E-state index in [1.165, 1.54) is 6.26 Å². The van der Waals surface area contributed by atoms with Crippen molar-refractivity contribution in [3.05, 3.63) is 36.7 Å². The Hall–Kier alpha value is -2.34. The number of oxazole rings is 1. The number of benzene rings is 1. The third kappa shape index (κ3) is 4.82. The van der Waals surface area contributed by atoms with Gasteiger partial charge < -0.3 is 19.4 Å². The Morgan fingerprint density at radius 1 is 1.48 bits per heavy atom. The van der Waals surface area contributed by atoms with Crippen LogP contribution in [0.25, 0.3) is 11.5 Å². The first-order chi connectivity index (χ1) is 12.1. The fourth-order valence-corrected chi connectivity index (χ4v) is 2.82. The highest BCUT2D eigenvalue weighted by molar-refractivity contribution is 5.90. The molecule has 0 radical (unpaired) electrons. The maximum Gasteiger partial charge on any atom is 0.321 e. The second-order valence-electron chi connectivity index (χ2n) is 6.76. The maximum atomic E-state index is 12.5. The summed E-state index contributed by atoms with van der Waals surface area (Å²) in [5.74, 6) is 1.17. The van der Waals surface area contributed by atoms with E-state index in [0.29, 0.717) is 18.4 Å². The van der Waals surface area contributed by atoms with Gasteiger partial charge in [0.15, 0.2) is 0 Å². The monoisotopic (exact) mass is 343 g/mol. The van der Waals surface area contributed by atoms with Gasteiger partial charge in [-0.3, -0.25) is 0 Å². The van der Waals surface area contributed by atoms with Crippen LogP contribution in [0.15, 0.2) is 41.1 Å². The SMILES string of the molecule is CC(C)CCO[C@@H]1CCN(C(=O)Nc2cccc(-c3ncco3)c2)C1. The lowest BCUT2D eigenvalue weighted by Gasteiger charge is -2.18. The van der Waals surface area contributed by atoms with E-state index >= 15 is 0 Å². The van der Waals surface area contributed by atoms with Crippen LogP contribution in [0.5, 0.6) is 0 Å². The van der Waals surface area contributed by atoms with Crippen LogP contribution in [-0.2, 0) is 4.74 Å². The molecule has 2 amide bonds. The number of hydrogen-bond donors (Lipinski definition) is 1. The second kappa shape index (κ2) is 8.16. The molecule has 1 N–H and O–H groups in total. The van der Waals surface area contributed by atoms with Crippen LogP contribution in [0.2, 0.25) is 0 Å². The number of carbonyl (C=O) groups excluding carboxylic acids is 1. The standard InChI is InChI=1S/C19H25N3O3/c1-14(2)7-10-24-17-6-9-22(13-17)19(23)21-16-5-3-4-15(12-16)18-20-8-11-25-18/h3-5,8,11-12,14,17H,6-7,9-10,13H2,1-2H3,(H,21,23)/t17-/m1/s1. The molecular weight excluding hydrogens is 318 g/mol. The summed E-state index contributed by atoms with van der Waals surface area (Å²) < 4.78 is 11.2. The van der Waals surface area contributed by atoms with E-state index in [0.717, 1.165) is 37.2 Å². The molecule has 1 aromatic carbocycles. The van der Waals surface area contributed by atoms with Crippen LogP contribution >= 0.6 is 0 Å². The average Bonchev–Trinajstić information content (AvgIpc) is 3.27. The van der Waals surface area contributed by atoms with E-state index in [2.05, 4.69) is 24.1 Å². The second-order valence-corrected chi connectivity index (χ2v) is 6.76. The molecule has 0 unspecified atom stereocenters. The molecule has 1 aliphatic rings. The Balaban J connectivity index is 1.52. The van der Waals surface area contributed by atoms with Crippen molar-refractivity contribution < 1.29 is 13.9 Å². The van der Waals surface area contributed by atoms with Crippen molar-refractivity contribution in [2.45, 2.75) is 32.8 Å². The van der Waals surface area contributed by atoms with Gasteiger partial charge >= 0.3 is 6.03 Å². The molecule has 0 bridgehead atoms. The number of hydrogen-bond acceptors (Lipinski definition) is 4. The van der Waals surface area contributed by atoms with Crippen LogP contribution < -0.4 is 5.32 Å². The summed E-state index contributed by atoms with van der Waals surface area (Å²) >= 11 is 0. The molecule has 1 atom stereocenters. The zero-order chi connectivity index (χ0) is 17.6. The summed E-state index contributed by atoms with van der Waals surface area (Å²) in [6, 6.07) is 7.39. The van der Waals surface area contributed by atoms with Crippen LogP contribution in [0.1, 0.15) is 26.7 Å². The molecule has 3 rings (SSSR count). The van der Waals surface area contributed by atoms with E-state index in [1.807, 2.05) is 24.3 Å². The lowest BCUT2D eigenvalue weighted by atomic mass is 10.1. The summed E-state index contributed by atoms with van der Waals surface area (Å²) in [7, 11) is 0. The fourth-order valence-electron chi connectivity index (χ4n) is 2.82. The molecule has 0 aliphatic carbocycles. The lowest BCUT2D eigenvalue weighted by Crippen LogP contribution is -2.34. The highest BCUT2D eigenvalue weighted by Gasteiger charge is 2.26. The lowest BCUT2D eigenvalue weighted by molar-refractivity contribution is 0.0547. The number of nitrogens with zero attached hydrogens (tertiary/aromatic N) is 2. The molecule has 134 valence electrons. The summed E-state index contributed by atoms with van der Waals surface area (Å²) in [4.78, 5) is 18.4. The van der Waals surface area contributed by atoms with Crippen molar-refractivity contribution in [3.63, 3.8) is 0 Å². The Kier molecular flexibility index (Phi) is 5.71. The van der Waals surface area contributed by atoms with Crippen molar-refractivity contribution in [1.82, 2.24) is 9.88 Å². The molecule has 0 spiro atoms. The third-order valence-corrected chi connectivity index (χ3v) is 4.27. The normalized spacial score (nSPS) is 17.2. The van der Waals surface area contributed by atoms with Gasteiger partial charge in [-0.1, -0.05) is 19.9 Å². The van der Waals surface area contributed by atoms with Gasteiger partial charge in [-0.2, -0.15) is 0 Å². The molecule has 1 aromatic heterocycles. The summed E-state index contributed by atoms with van der Waals surface area (Å²) in [6.07, 6.45) is 5.22. The van der Waals surface area contributed by atoms with E-state index in [4.69, 9.17) is 9.15 Å². The topological polar surface area (TPSA) is 67.6 Å². The number of aromatic nitrogens is 1. The van der Waals surface area contributed by atoms with E-state index in [-0.39, 0.29) is 12.1 Å². The predicted octanol–water partition coefficient (Wildman–Crippen LogP) is 4.01. The number of rotatable bonds is 6. The van der Waals surface area contributed by atoms with Crippen LogP contribution in [0.3, 0.4) is 0 Å². The van der Waals surface area contributed by atoms with Gasteiger partial charge in [-0.15, -0.1) is 0 Å². The van der Waals surface area contributed by atoms with Gasteiger partial charge in [0.25, 0.3) is 0 Å². The quantitative estimate of drug-likeness (QED) is 0.860. The van der Waals surface area contributed by atoms with Gasteiger partial charge in [0.1, 0.15) is 6.26 Å². The Morgan fingerprint density at radius 2 is 2.36 bits per heavy atom. The molecule has 1 fully saturated rings. The minimum Gasteiger partial charge on any atom is -0.445 e. The van der Waals surface area contributed by atoms with E-state index < -0.39 is 0 Å². The van der Waals surface area contributed by atoms with Crippen molar-refractivity contribution in [1.29, 1.82) is 0 Å². The van der Waals surface area contributed by atoms with Crippen LogP contribution in [0, 0.1) is 5.92 Å². The van der Waals surface area contributed by atoms with Crippen LogP contribution in [0.4, 0.5) is 10.5 Å². The van der Waals surface area contributed by atoms with Crippen molar-refractivity contribution in [2.75, 3.05) is 25.0 Å². The number of nitrogens with one attached hydrogen (secondary N) is 1. The highest BCUT2D eigenvalue weighted by Crippen LogP contribution is 2.22. The van der Waals surface area contributed by atoms with Gasteiger partial charge in [-0.25, -0.2) is 9.78 Å². The maximum absolute atomic E-state index is 12.5. The van der Waals surface area contributed by atoms with Crippen molar-refractivity contribution >= 4 is 11.7 Å². The smallest absolute Gasteiger partial charge is 0.321 e. The molecule has 0 saturated carbocycles. The van der Waals surface area contributed by atoms with Crippen molar-refractivity contribution in [2.24, 2.45) is 5.92 Å². The summed E-state index contributed by atoms with van der Waals surface area (Å²) in [6.45, 7) is 6.49. The van der Waals surface area contributed by atoms with Gasteiger partial charge in [0.2, 0.25) is 5.89 Å². The van der Waals surface area contributed by atoms with Crippen LogP contribution in [-0.4, -0.2) is 41.7 Å². The molecule has 25 heavy (non-hydrogen) atoms. The van der Waals surface area contributed by atoms with Gasteiger partial charge in [0, 0.05) is 30.9 Å². The number of urea groups is 1. The third-order valence-electron chi connectivity index (χ3n) is 4.27.